The number of para-hydroxylation sites is 1. The van der Waals surface area contributed by atoms with E-state index >= 15 is 0 Å². The van der Waals surface area contributed by atoms with E-state index in [0.29, 0.717) is 23.8 Å². The van der Waals surface area contributed by atoms with Gasteiger partial charge in [0.2, 0.25) is 12.7 Å². The number of hydrogen-bond donors (Lipinski definition) is 2. The van der Waals surface area contributed by atoms with Gasteiger partial charge in [0.25, 0.3) is 0 Å². The molecule has 210 valence electrons. The van der Waals surface area contributed by atoms with Crippen molar-refractivity contribution in [3.63, 3.8) is 0 Å². The zero-order valence-electron chi connectivity index (χ0n) is 22.6. The van der Waals surface area contributed by atoms with Crippen LogP contribution in [0.1, 0.15) is 41.1 Å². The lowest BCUT2D eigenvalue weighted by Crippen LogP contribution is -2.35. The van der Waals surface area contributed by atoms with Crippen LogP contribution in [0.4, 0.5) is 5.69 Å². The summed E-state index contributed by atoms with van der Waals surface area (Å²) in [6.45, 7) is 2.65. The van der Waals surface area contributed by atoms with Gasteiger partial charge in [-0.2, -0.15) is 0 Å². The molecule has 2 N–H and O–H groups in total. The van der Waals surface area contributed by atoms with Gasteiger partial charge in [0.15, 0.2) is 11.5 Å². The third-order valence-electron chi connectivity index (χ3n) is 7.76. The minimum absolute atomic E-state index is 0.0489. The molecule has 3 unspecified atom stereocenters. The molecule has 1 saturated heterocycles. The molecule has 0 bridgehead atoms. The Hall–Kier alpha value is -3.56. The fourth-order valence-electron chi connectivity index (χ4n) is 5.85. The number of carbonyl (C=O) groups excluding carboxylic acids is 1. The zero-order valence-corrected chi connectivity index (χ0v) is 24.1. The summed E-state index contributed by atoms with van der Waals surface area (Å²) in [4.78, 5) is 28.4. The average Bonchev–Trinajstić information content (AvgIpc) is 3.58. The molecule has 2 aliphatic heterocycles. The number of carboxylic acid groups (broad SMARTS) is 1. The molecule has 3 aromatic rings. The minimum atomic E-state index is -0.915. The van der Waals surface area contributed by atoms with Crippen molar-refractivity contribution < 1.29 is 28.9 Å². The standard InChI is InChI=1S/C31H33BrN2O6/c1-3-19-5-4-6-20(13-14-32)29(19)33-27(35)17-34-16-24(22-9-12-25-26(15-22)40-18-39-25)28(31(36)37)30(34)21-7-10-23(38-2)11-8-21/h4-12,15,24,28,30H,3,13-14,16-18H2,1-2H3,(H,33,35)(H,36,37). The van der Waals surface area contributed by atoms with Crippen LogP contribution >= 0.6 is 15.9 Å². The molecular formula is C31H33BrN2O6. The molecule has 3 atom stereocenters. The van der Waals surface area contributed by atoms with Gasteiger partial charge >= 0.3 is 5.97 Å². The summed E-state index contributed by atoms with van der Waals surface area (Å²) in [5.41, 5.74) is 4.64. The first kappa shape index (κ1) is 28.0. The molecular weight excluding hydrogens is 576 g/mol. The molecule has 9 heteroatoms. The summed E-state index contributed by atoms with van der Waals surface area (Å²) < 4.78 is 16.4. The third kappa shape index (κ3) is 5.67. The maximum atomic E-state index is 13.6. The maximum Gasteiger partial charge on any atom is 0.309 e. The number of rotatable bonds is 10. The average molecular weight is 610 g/mol. The number of carbonyl (C=O) groups is 2. The van der Waals surface area contributed by atoms with Crippen LogP contribution in [0.15, 0.2) is 60.7 Å². The molecule has 40 heavy (non-hydrogen) atoms. The molecule has 0 radical (unpaired) electrons. The molecule has 0 aliphatic carbocycles. The molecule has 5 rings (SSSR count). The molecule has 0 spiro atoms. The molecule has 0 saturated carbocycles. The Kier molecular flexibility index (Phi) is 8.61. The van der Waals surface area contributed by atoms with Crippen LogP contribution in [0.3, 0.4) is 0 Å². The van der Waals surface area contributed by atoms with E-state index in [1.165, 1.54) is 0 Å². The fraction of sp³-hybridized carbons (Fsp3) is 0.355. The summed E-state index contributed by atoms with van der Waals surface area (Å²) in [5, 5.41) is 14.5. The number of nitrogens with zero attached hydrogens (tertiary/aromatic N) is 1. The topological polar surface area (TPSA) is 97.3 Å². The van der Waals surface area contributed by atoms with Crippen molar-refractivity contribution in [2.75, 3.05) is 37.6 Å². The number of aryl methyl sites for hydroxylation is 2. The van der Waals surface area contributed by atoms with Gasteiger partial charge in [0.1, 0.15) is 5.75 Å². The predicted octanol–water partition coefficient (Wildman–Crippen LogP) is 5.40. The van der Waals surface area contributed by atoms with Crippen LogP contribution in [0.25, 0.3) is 0 Å². The number of fused-ring (bicyclic) bond motifs is 1. The number of aliphatic carboxylic acids is 1. The number of methoxy groups -OCH3 is 1. The number of halogens is 1. The van der Waals surface area contributed by atoms with Crippen LogP contribution in [-0.4, -0.2) is 54.2 Å². The lowest BCUT2D eigenvalue weighted by atomic mass is 9.82. The van der Waals surface area contributed by atoms with Gasteiger partial charge in [-0.15, -0.1) is 0 Å². The Balaban J connectivity index is 1.48. The predicted molar refractivity (Wildman–Crippen MR) is 156 cm³/mol. The van der Waals surface area contributed by atoms with E-state index in [0.717, 1.165) is 46.1 Å². The van der Waals surface area contributed by atoms with Crippen molar-refractivity contribution >= 4 is 33.5 Å². The quantitative estimate of drug-likeness (QED) is 0.297. The van der Waals surface area contributed by atoms with Gasteiger partial charge in [-0.3, -0.25) is 14.5 Å². The number of carboxylic acids is 1. The van der Waals surface area contributed by atoms with Crippen molar-refractivity contribution in [3.05, 3.63) is 82.9 Å². The molecule has 2 heterocycles. The number of anilines is 1. The van der Waals surface area contributed by atoms with E-state index in [4.69, 9.17) is 14.2 Å². The van der Waals surface area contributed by atoms with Gasteiger partial charge in [0, 0.05) is 29.5 Å². The van der Waals surface area contributed by atoms with Crippen molar-refractivity contribution in [1.29, 1.82) is 0 Å². The summed E-state index contributed by atoms with van der Waals surface area (Å²) in [5.74, 6) is -0.305. The highest BCUT2D eigenvalue weighted by molar-refractivity contribution is 9.09. The number of likely N-dealkylation sites (tertiary alicyclic amines) is 1. The van der Waals surface area contributed by atoms with E-state index in [2.05, 4.69) is 28.2 Å². The Morgan fingerprint density at radius 2 is 1.77 bits per heavy atom. The summed E-state index contributed by atoms with van der Waals surface area (Å²) in [7, 11) is 1.59. The summed E-state index contributed by atoms with van der Waals surface area (Å²) >= 11 is 3.51. The van der Waals surface area contributed by atoms with Crippen LogP contribution in [0, 0.1) is 5.92 Å². The maximum absolute atomic E-state index is 13.6. The number of alkyl halides is 1. The minimum Gasteiger partial charge on any atom is -0.497 e. The van der Waals surface area contributed by atoms with E-state index < -0.39 is 17.9 Å². The number of amides is 1. The monoisotopic (exact) mass is 608 g/mol. The van der Waals surface area contributed by atoms with Gasteiger partial charge in [-0.25, -0.2) is 0 Å². The van der Waals surface area contributed by atoms with Gasteiger partial charge in [-0.1, -0.05) is 59.3 Å². The van der Waals surface area contributed by atoms with Crippen LogP contribution in [0.2, 0.25) is 0 Å². The van der Waals surface area contributed by atoms with Crippen molar-refractivity contribution in [2.24, 2.45) is 5.92 Å². The van der Waals surface area contributed by atoms with Gasteiger partial charge < -0.3 is 24.6 Å². The molecule has 8 nitrogen and oxygen atoms in total. The Bertz CT molecular complexity index is 1380. The van der Waals surface area contributed by atoms with Gasteiger partial charge in [-0.05, 0) is 59.4 Å². The van der Waals surface area contributed by atoms with Crippen LogP contribution in [0.5, 0.6) is 17.2 Å². The lowest BCUT2D eigenvalue weighted by Gasteiger charge is -2.27. The van der Waals surface area contributed by atoms with Crippen molar-refractivity contribution in [1.82, 2.24) is 4.90 Å². The molecule has 0 aromatic heterocycles. The number of benzene rings is 3. The highest BCUT2D eigenvalue weighted by Crippen LogP contribution is 2.47. The zero-order chi connectivity index (χ0) is 28.2. The number of nitrogens with one attached hydrogen (secondary N) is 1. The number of ether oxygens (including phenoxy) is 3. The first-order valence-electron chi connectivity index (χ1n) is 13.4. The van der Waals surface area contributed by atoms with E-state index in [9.17, 15) is 14.7 Å². The highest BCUT2D eigenvalue weighted by atomic mass is 79.9. The third-order valence-corrected chi connectivity index (χ3v) is 8.15. The SMILES string of the molecule is CCc1cccc(CCBr)c1NC(=O)CN1CC(c2ccc3c(c2)OCO3)C(C(=O)O)C1c1ccc(OC)cc1. The second-order valence-corrected chi connectivity index (χ2v) is 10.8. The largest absolute Gasteiger partial charge is 0.497 e. The first-order chi connectivity index (χ1) is 19.4. The first-order valence-corrected chi connectivity index (χ1v) is 14.5. The summed E-state index contributed by atoms with van der Waals surface area (Å²) in [6, 6.07) is 18.5. The normalized spacial score (nSPS) is 19.9. The van der Waals surface area contributed by atoms with E-state index in [-0.39, 0.29) is 25.2 Å². The van der Waals surface area contributed by atoms with Crippen LogP contribution < -0.4 is 19.5 Å². The second kappa shape index (κ2) is 12.3. The fourth-order valence-corrected chi connectivity index (χ4v) is 6.28. The molecule has 1 amide bonds. The second-order valence-electron chi connectivity index (χ2n) is 10.0. The van der Waals surface area contributed by atoms with E-state index in [1.54, 1.807) is 7.11 Å². The highest BCUT2D eigenvalue weighted by Gasteiger charge is 2.48. The number of hydrogen-bond acceptors (Lipinski definition) is 6. The lowest BCUT2D eigenvalue weighted by molar-refractivity contribution is -0.143. The van der Waals surface area contributed by atoms with Gasteiger partial charge in [0.05, 0.1) is 19.6 Å². The summed E-state index contributed by atoms with van der Waals surface area (Å²) in [6.07, 6.45) is 1.58. The Morgan fingerprint density at radius 3 is 2.48 bits per heavy atom. The smallest absolute Gasteiger partial charge is 0.309 e. The van der Waals surface area contributed by atoms with Crippen molar-refractivity contribution in [3.8, 4) is 17.2 Å². The Morgan fingerprint density at radius 1 is 1.05 bits per heavy atom. The molecule has 3 aromatic carbocycles. The van der Waals surface area contributed by atoms with E-state index in [1.807, 2.05) is 65.6 Å². The van der Waals surface area contributed by atoms with Crippen LogP contribution in [-0.2, 0) is 22.4 Å². The Labute approximate surface area is 242 Å². The molecule has 2 aliphatic rings. The van der Waals surface area contributed by atoms with Crippen molar-refractivity contribution in [2.45, 2.75) is 31.7 Å². The molecule has 1 fully saturated rings.